The molecule has 1 aliphatic rings. The summed E-state index contributed by atoms with van der Waals surface area (Å²) < 4.78 is 37.8. The van der Waals surface area contributed by atoms with Crippen LogP contribution in [0, 0.1) is 13.8 Å². The number of hydrogen-bond donors (Lipinski definition) is 1. The van der Waals surface area contributed by atoms with E-state index >= 15 is 0 Å². The molecule has 0 radical (unpaired) electrons. The van der Waals surface area contributed by atoms with E-state index in [0.29, 0.717) is 17.1 Å². The van der Waals surface area contributed by atoms with Gasteiger partial charge in [0, 0.05) is 33.7 Å². The van der Waals surface area contributed by atoms with Crippen molar-refractivity contribution in [1.29, 1.82) is 0 Å². The summed E-state index contributed by atoms with van der Waals surface area (Å²) in [6.07, 6.45) is -0.178. The molecule has 1 aliphatic heterocycles. The summed E-state index contributed by atoms with van der Waals surface area (Å²) in [6, 6.07) is 15.9. The Balaban J connectivity index is 1.46. The number of azide groups is 1. The first-order valence-corrected chi connectivity index (χ1v) is 14.6. The molecule has 0 amide bonds. The van der Waals surface area contributed by atoms with Crippen LogP contribution in [-0.2, 0) is 18.3 Å². The maximum absolute atomic E-state index is 13.7. The van der Waals surface area contributed by atoms with Crippen LogP contribution in [0.3, 0.4) is 0 Å². The van der Waals surface area contributed by atoms with E-state index in [1.54, 1.807) is 31.2 Å². The molecule has 3 aromatic rings. The van der Waals surface area contributed by atoms with Gasteiger partial charge in [-0.15, -0.1) is 11.8 Å². The Hall–Kier alpha value is -3.31. The molecule has 1 N–H and O–H groups in total. The second kappa shape index (κ2) is 13.2. The fourth-order valence-electron chi connectivity index (χ4n) is 3.83. The van der Waals surface area contributed by atoms with Gasteiger partial charge in [0.2, 0.25) is 0 Å². The predicted molar refractivity (Wildman–Crippen MR) is 146 cm³/mol. The highest BCUT2D eigenvalue weighted by Gasteiger charge is 2.39. The van der Waals surface area contributed by atoms with E-state index in [9.17, 15) is 14.2 Å². The van der Waals surface area contributed by atoms with E-state index in [1.165, 1.54) is 22.5 Å². The molecule has 1 unspecified atom stereocenters. The Kier molecular flexibility index (Phi) is 9.68. The number of aromatic nitrogens is 2. The number of nitrogens with one attached hydrogen (secondary N) is 1. The van der Waals surface area contributed by atoms with E-state index in [-0.39, 0.29) is 19.6 Å². The number of aryl methyl sites for hydroxylation is 2. The van der Waals surface area contributed by atoms with Crippen molar-refractivity contribution in [3.8, 4) is 5.75 Å². The lowest BCUT2D eigenvalue weighted by atomic mass is 10.1. The quantitative estimate of drug-likeness (QED) is 0.0780. The number of phosphoric ester groups is 1. The second-order valence-corrected chi connectivity index (χ2v) is 11.5. The SMILES string of the molecule is Cc1ccc(OP(=O)(OCCSc2ccccc2)OC[C@H]2O[C@@H](n3cc(C)c(=O)[nH]c3=O)C[C@@H]2N=[N+]=[N-])cc1. The van der Waals surface area contributed by atoms with Gasteiger partial charge in [0.25, 0.3) is 5.56 Å². The Morgan fingerprint density at radius 1 is 1.15 bits per heavy atom. The molecule has 39 heavy (non-hydrogen) atoms. The van der Waals surface area contributed by atoms with Gasteiger partial charge in [-0.05, 0) is 43.6 Å². The van der Waals surface area contributed by atoms with Crippen molar-refractivity contribution in [3.05, 3.63) is 103 Å². The van der Waals surface area contributed by atoms with Gasteiger partial charge in [0.15, 0.2) is 0 Å². The molecule has 0 bridgehead atoms. The lowest BCUT2D eigenvalue weighted by molar-refractivity contribution is -0.0277. The summed E-state index contributed by atoms with van der Waals surface area (Å²) in [6.45, 7) is 3.24. The summed E-state index contributed by atoms with van der Waals surface area (Å²) >= 11 is 1.53. The molecular formula is C25H28N5O7PS. The molecule has 206 valence electrons. The molecular weight excluding hydrogens is 545 g/mol. The average molecular weight is 574 g/mol. The van der Waals surface area contributed by atoms with Crippen LogP contribution in [0.2, 0.25) is 0 Å². The maximum Gasteiger partial charge on any atom is 0.530 e. The van der Waals surface area contributed by atoms with Crippen LogP contribution in [0.15, 0.2) is 80.4 Å². The Bertz CT molecular complexity index is 1470. The molecule has 0 aliphatic carbocycles. The monoisotopic (exact) mass is 573 g/mol. The van der Waals surface area contributed by atoms with Crippen molar-refractivity contribution >= 4 is 19.6 Å². The summed E-state index contributed by atoms with van der Waals surface area (Å²) in [5.74, 6) is 0.790. The third-order valence-corrected chi connectivity index (χ3v) is 8.21. The van der Waals surface area contributed by atoms with Gasteiger partial charge in [0.05, 0.1) is 25.4 Å². The normalized spacial score (nSPS) is 20.2. The molecule has 4 rings (SSSR count). The summed E-state index contributed by atoms with van der Waals surface area (Å²) in [5, 5.41) is 3.77. The summed E-state index contributed by atoms with van der Waals surface area (Å²) in [5.41, 5.74) is 9.20. The third kappa shape index (κ3) is 7.86. The van der Waals surface area contributed by atoms with E-state index in [0.717, 1.165) is 10.5 Å². The molecule has 2 aromatic carbocycles. The van der Waals surface area contributed by atoms with Gasteiger partial charge in [-0.2, -0.15) is 0 Å². The minimum Gasteiger partial charge on any atom is -0.404 e. The van der Waals surface area contributed by atoms with Crippen LogP contribution in [-0.4, -0.2) is 40.7 Å². The molecule has 14 heteroatoms. The van der Waals surface area contributed by atoms with Crippen molar-refractivity contribution in [2.45, 2.75) is 43.5 Å². The van der Waals surface area contributed by atoms with Gasteiger partial charge in [0.1, 0.15) is 12.0 Å². The van der Waals surface area contributed by atoms with Crippen LogP contribution < -0.4 is 15.8 Å². The molecule has 0 saturated carbocycles. The largest absolute Gasteiger partial charge is 0.530 e. The number of H-pyrrole nitrogens is 1. The predicted octanol–water partition coefficient (Wildman–Crippen LogP) is 5.13. The summed E-state index contributed by atoms with van der Waals surface area (Å²) in [7, 11) is -4.14. The topological polar surface area (TPSA) is 158 Å². The number of hydrogen-bond acceptors (Lipinski definition) is 9. The van der Waals surface area contributed by atoms with Crippen molar-refractivity contribution in [1.82, 2.24) is 9.55 Å². The van der Waals surface area contributed by atoms with Crippen molar-refractivity contribution in [2.24, 2.45) is 5.11 Å². The zero-order valence-electron chi connectivity index (χ0n) is 21.3. The number of rotatable bonds is 12. The molecule has 1 aromatic heterocycles. The van der Waals surface area contributed by atoms with Crippen LogP contribution in [0.4, 0.5) is 0 Å². The fraction of sp³-hybridized carbons (Fsp3) is 0.360. The van der Waals surface area contributed by atoms with Crippen LogP contribution in [0.25, 0.3) is 10.4 Å². The number of nitrogens with zero attached hydrogens (tertiary/aromatic N) is 4. The van der Waals surface area contributed by atoms with Crippen LogP contribution >= 0.6 is 19.6 Å². The van der Waals surface area contributed by atoms with Gasteiger partial charge in [-0.3, -0.25) is 23.4 Å². The Labute approximate surface area is 228 Å². The highest BCUT2D eigenvalue weighted by atomic mass is 32.2. The van der Waals surface area contributed by atoms with E-state index in [2.05, 4.69) is 15.0 Å². The zero-order chi connectivity index (χ0) is 27.8. The minimum atomic E-state index is -4.14. The van der Waals surface area contributed by atoms with Gasteiger partial charge in [-0.25, -0.2) is 9.36 Å². The number of phosphoric acid groups is 1. The average Bonchev–Trinajstić information content (AvgIpc) is 3.32. The lowest BCUT2D eigenvalue weighted by Gasteiger charge is -2.22. The second-order valence-electron chi connectivity index (χ2n) is 8.76. The fourth-order valence-corrected chi connectivity index (χ4v) is 5.91. The summed E-state index contributed by atoms with van der Waals surface area (Å²) in [4.78, 5) is 30.2. The van der Waals surface area contributed by atoms with Gasteiger partial charge in [-0.1, -0.05) is 41.0 Å². The highest BCUT2D eigenvalue weighted by molar-refractivity contribution is 7.99. The molecule has 0 spiro atoms. The van der Waals surface area contributed by atoms with Crippen molar-refractivity contribution in [3.63, 3.8) is 0 Å². The molecule has 2 heterocycles. The van der Waals surface area contributed by atoms with E-state index < -0.39 is 37.4 Å². The van der Waals surface area contributed by atoms with Crippen LogP contribution in [0.1, 0.15) is 23.8 Å². The highest BCUT2D eigenvalue weighted by Crippen LogP contribution is 2.50. The number of thioether (sulfide) groups is 1. The lowest BCUT2D eigenvalue weighted by Crippen LogP contribution is -2.33. The molecule has 4 atom stereocenters. The van der Waals surface area contributed by atoms with Gasteiger partial charge >= 0.3 is 13.5 Å². The van der Waals surface area contributed by atoms with Gasteiger partial charge < -0.3 is 9.26 Å². The number of aromatic amines is 1. The Morgan fingerprint density at radius 2 is 1.90 bits per heavy atom. The van der Waals surface area contributed by atoms with E-state index in [4.69, 9.17) is 23.8 Å². The smallest absolute Gasteiger partial charge is 0.404 e. The minimum absolute atomic E-state index is 0.0721. The van der Waals surface area contributed by atoms with Crippen molar-refractivity contribution in [2.75, 3.05) is 19.0 Å². The Morgan fingerprint density at radius 3 is 2.62 bits per heavy atom. The van der Waals surface area contributed by atoms with Crippen LogP contribution in [0.5, 0.6) is 5.75 Å². The zero-order valence-corrected chi connectivity index (χ0v) is 23.0. The van der Waals surface area contributed by atoms with Crippen molar-refractivity contribution < 1.29 is 22.9 Å². The first-order chi connectivity index (χ1) is 18.8. The molecule has 1 fully saturated rings. The molecule has 1 saturated heterocycles. The maximum atomic E-state index is 13.7. The first-order valence-electron chi connectivity index (χ1n) is 12.1. The number of ether oxygens (including phenoxy) is 1. The number of benzene rings is 2. The standard InChI is InChI=1S/C25H28N5O7PS/c1-17-8-10-19(11-9-17)37-38(33,34-12-13-39-20-6-4-3-5-7-20)35-16-22-21(28-29-26)14-23(36-22)30-15-18(2)24(31)27-25(30)32/h3-11,15,21-23H,12-14,16H2,1-2H3,(H,27,31,32)/t21-,22+,23+,38?/m0/s1. The third-order valence-electron chi connectivity index (χ3n) is 5.84. The first kappa shape index (κ1) is 28.7. The van der Waals surface area contributed by atoms with E-state index in [1.807, 2.05) is 37.3 Å². The molecule has 12 nitrogen and oxygen atoms in total.